The lowest BCUT2D eigenvalue weighted by atomic mass is 9.85. The molecule has 21 heavy (non-hydrogen) atoms. The molecule has 1 fully saturated rings. The highest BCUT2D eigenvalue weighted by atomic mass is 16.6. The van der Waals surface area contributed by atoms with Gasteiger partial charge in [-0.3, -0.25) is 9.63 Å². The Labute approximate surface area is 124 Å². The highest BCUT2D eigenvalue weighted by Crippen LogP contribution is 2.27. The number of hydroxylamine groups is 1. The van der Waals surface area contributed by atoms with Crippen molar-refractivity contribution >= 4 is 16.7 Å². The minimum absolute atomic E-state index is 0.000864. The molecule has 0 aliphatic heterocycles. The molecule has 1 amide bonds. The van der Waals surface area contributed by atoms with Gasteiger partial charge >= 0.3 is 0 Å². The van der Waals surface area contributed by atoms with Gasteiger partial charge in [0.25, 0.3) is 0 Å². The number of fused-ring (bicyclic) bond motifs is 1. The van der Waals surface area contributed by atoms with E-state index in [0.717, 1.165) is 41.3 Å². The Morgan fingerprint density at radius 3 is 2.86 bits per heavy atom. The largest absolute Gasteiger partial charge is 0.497 e. The van der Waals surface area contributed by atoms with Gasteiger partial charge < -0.3 is 4.74 Å². The molecule has 3 rings (SSSR count). The molecule has 0 saturated heterocycles. The van der Waals surface area contributed by atoms with Crippen LogP contribution in [0.4, 0.5) is 0 Å². The Morgan fingerprint density at radius 2 is 2.14 bits per heavy atom. The highest BCUT2D eigenvalue weighted by Gasteiger charge is 2.25. The number of nitrogens with one attached hydrogen (secondary N) is 1. The number of hydrogen-bond donors (Lipinski definition) is 1. The molecular weight excluding hydrogens is 266 g/mol. The Hall–Kier alpha value is -2.07. The summed E-state index contributed by atoms with van der Waals surface area (Å²) in [5, 5.41) is 2.21. The minimum Gasteiger partial charge on any atom is -0.497 e. The fourth-order valence-electron chi connectivity index (χ4n) is 2.51. The normalized spacial score (nSPS) is 14.7. The van der Waals surface area contributed by atoms with Crippen LogP contribution < -0.4 is 10.2 Å². The average Bonchev–Trinajstić information content (AvgIpc) is 2.45. The maximum absolute atomic E-state index is 11.7. The van der Waals surface area contributed by atoms with Crippen molar-refractivity contribution in [3.63, 3.8) is 0 Å². The monoisotopic (exact) mass is 285 g/mol. The lowest BCUT2D eigenvalue weighted by molar-refractivity contribution is -0.141. The molecule has 1 N–H and O–H groups in total. The maximum atomic E-state index is 11.7. The Balaban J connectivity index is 1.69. The number of carbonyl (C=O) groups is 1. The van der Waals surface area contributed by atoms with Gasteiger partial charge in [0.1, 0.15) is 12.4 Å². The first-order chi connectivity index (χ1) is 10.3. The summed E-state index contributed by atoms with van der Waals surface area (Å²) in [6.45, 7) is 0.350. The molecule has 0 spiro atoms. The van der Waals surface area contributed by atoms with Gasteiger partial charge in [-0.2, -0.15) is 0 Å². The van der Waals surface area contributed by atoms with Gasteiger partial charge in [0, 0.05) is 5.92 Å². The lowest BCUT2D eigenvalue weighted by Crippen LogP contribution is -2.34. The predicted molar refractivity (Wildman–Crippen MR) is 80.8 cm³/mol. The van der Waals surface area contributed by atoms with E-state index in [1.54, 1.807) is 7.11 Å². The fourth-order valence-corrected chi connectivity index (χ4v) is 2.51. The van der Waals surface area contributed by atoms with Crippen LogP contribution in [0.2, 0.25) is 0 Å². The molecule has 110 valence electrons. The number of carbonyl (C=O) groups excluding carboxylic acids is 1. The van der Waals surface area contributed by atoms with Crippen molar-refractivity contribution in [3.05, 3.63) is 42.0 Å². The van der Waals surface area contributed by atoms with Crippen LogP contribution in [0.25, 0.3) is 10.8 Å². The summed E-state index contributed by atoms with van der Waals surface area (Å²) in [5.41, 5.74) is 3.58. The molecule has 2 aromatic rings. The van der Waals surface area contributed by atoms with Crippen LogP contribution in [0.1, 0.15) is 24.8 Å². The number of hydrogen-bond acceptors (Lipinski definition) is 3. The molecule has 1 aliphatic carbocycles. The van der Waals surface area contributed by atoms with Crippen molar-refractivity contribution in [1.82, 2.24) is 5.48 Å². The second-order valence-electron chi connectivity index (χ2n) is 5.39. The van der Waals surface area contributed by atoms with Crippen LogP contribution in [-0.2, 0) is 16.2 Å². The van der Waals surface area contributed by atoms with Gasteiger partial charge in [-0.1, -0.05) is 30.7 Å². The smallest absolute Gasteiger partial charge is 0.246 e. The molecule has 0 atom stereocenters. The second kappa shape index (κ2) is 6.14. The van der Waals surface area contributed by atoms with E-state index in [-0.39, 0.29) is 11.8 Å². The highest BCUT2D eigenvalue weighted by molar-refractivity contribution is 5.87. The molecule has 0 aromatic heterocycles. The Kier molecular flexibility index (Phi) is 4.06. The summed E-state index contributed by atoms with van der Waals surface area (Å²) in [5.74, 6) is 0.949. The van der Waals surface area contributed by atoms with Gasteiger partial charge in [0.05, 0.1) is 7.11 Å². The van der Waals surface area contributed by atoms with Crippen LogP contribution in [0.5, 0.6) is 5.75 Å². The zero-order valence-electron chi connectivity index (χ0n) is 12.1. The third kappa shape index (κ3) is 3.00. The van der Waals surface area contributed by atoms with Crippen molar-refractivity contribution in [2.24, 2.45) is 5.92 Å². The zero-order valence-corrected chi connectivity index (χ0v) is 12.1. The molecule has 4 heteroatoms. The van der Waals surface area contributed by atoms with E-state index < -0.39 is 0 Å². The van der Waals surface area contributed by atoms with Crippen LogP contribution in [0.15, 0.2) is 36.4 Å². The molecule has 1 saturated carbocycles. The zero-order chi connectivity index (χ0) is 14.7. The van der Waals surface area contributed by atoms with Crippen molar-refractivity contribution < 1.29 is 14.4 Å². The third-order valence-electron chi connectivity index (χ3n) is 4.06. The van der Waals surface area contributed by atoms with Crippen LogP contribution in [0.3, 0.4) is 0 Å². The van der Waals surface area contributed by atoms with Gasteiger partial charge in [0.15, 0.2) is 0 Å². The number of methoxy groups -OCH3 is 1. The quantitative estimate of drug-likeness (QED) is 0.858. The molecule has 2 aromatic carbocycles. The van der Waals surface area contributed by atoms with Crippen LogP contribution >= 0.6 is 0 Å². The third-order valence-corrected chi connectivity index (χ3v) is 4.06. The van der Waals surface area contributed by atoms with Gasteiger partial charge in [-0.25, -0.2) is 5.48 Å². The van der Waals surface area contributed by atoms with Gasteiger partial charge in [-0.15, -0.1) is 0 Å². The number of amides is 1. The first-order valence-corrected chi connectivity index (χ1v) is 7.25. The van der Waals surface area contributed by atoms with E-state index in [0.29, 0.717) is 6.61 Å². The Morgan fingerprint density at radius 1 is 1.29 bits per heavy atom. The molecule has 0 bridgehead atoms. The van der Waals surface area contributed by atoms with Crippen molar-refractivity contribution in [3.8, 4) is 5.75 Å². The number of ether oxygens (including phenoxy) is 1. The Bertz CT molecular complexity index is 650. The average molecular weight is 285 g/mol. The topological polar surface area (TPSA) is 47.6 Å². The second-order valence-corrected chi connectivity index (χ2v) is 5.39. The molecule has 0 radical (unpaired) electrons. The van der Waals surface area contributed by atoms with E-state index in [4.69, 9.17) is 9.57 Å². The van der Waals surface area contributed by atoms with Crippen molar-refractivity contribution in [1.29, 1.82) is 0 Å². The molecule has 4 nitrogen and oxygen atoms in total. The van der Waals surface area contributed by atoms with Crippen molar-refractivity contribution in [2.45, 2.75) is 25.9 Å². The maximum Gasteiger partial charge on any atom is 0.246 e. The lowest BCUT2D eigenvalue weighted by Gasteiger charge is -2.23. The summed E-state index contributed by atoms with van der Waals surface area (Å²) in [6, 6.07) is 12.0. The molecule has 0 heterocycles. The summed E-state index contributed by atoms with van der Waals surface area (Å²) in [4.78, 5) is 17.1. The first kappa shape index (κ1) is 13.9. The van der Waals surface area contributed by atoms with E-state index in [2.05, 4.69) is 5.48 Å². The molecule has 0 unspecified atom stereocenters. The van der Waals surface area contributed by atoms with Gasteiger partial charge in [-0.05, 0) is 41.3 Å². The fraction of sp³-hybridized carbons (Fsp3) is 0.353. The van der Waals surface area contributed by atoms with Crippen molar-refractivity contribution in [2.75, 3.05) is 7.11 Å². The summed E-state index contributed by atoms with van der Waals surface area (Å²) in [6.07, 6.45) is 3.09. The van der Waals surface area contributed by atoms with E-state index >= 15 is 0 Å². The summed E-state index contributed by atoms with van der Waals surface area (Å²) < 4.78 is 5.26. The predicted octanol–water partition coefficient (Wildman–Crippen LogP) is 3.20. The summed E-state index contributed by atoms with van der Waals surface area (Å²) >= 11 is 0. The first-order valence-electron chi connectivity index (χ1n) is 7.25. The van der Waals surface area contributed by atoms with E-state index in [1.807, 2.05) is 36.4 Å². The van der Waals surface area contributed by atoms with Gasteiger partial charge in [0.2, 0.25) is 5.91 Å². The number of benzene rings is 2. The standard InChI is InChI=1S/C17H19NO3/c1-20-15-9-8-12-4-2-7-14(16(12)10-15)11-21-18-17(19)13-5-3-6-13/h2,4,7-10,13H,3,5-6,11H2,1H3,(H,18,19). The molecule has 1 aliphatic rings. The molecular formula is C17H19NO3. The van der Waals surface area contributed by atoms with E-state index in [9.17, 15) is 4.79 Å². The number of rotatable bonds is 5. The van der Waals surface area contributed by atoms with Crippen LogP contribution in [-0.4, -0.2) is 13.0 Å². The van der Waals surface area contributed by atoms with Crippen LogP contribution in [0, 0.1) is 5.92 Å². The summed E-state index contributed by atoms with van der Waals surface area (Å²) in [7, 11) is 1.65. The minimum atomic E-state index is -0.000864. The van der Waals surface area contributed by atoms with E-state index in [1.165, 1.54) is 0 Å². The SMILES string of the molecule is COc1ccc2cccc(CONC(=O)C3CCC3)c2c1.